The quantitative estimate of drug-likeness (QED) is 0.611. The maximum absolute atomic E-state index is 13.3. The third-order valence-corrected chi connectivity index (χ3v) is 6.76. The molecule has 3 aromatic carbocycles. The lowest BCUT2D eigenvalue weighted by atomic mass is 10.2. The first kappa shape index (κ1) is 21.7. The fourth-order valence-corrected chi connectivity index (χ4v) is 5.02. The lowest BCUT2D eigenvalue weighted by Crippen LogP contribution is -2.42. The zero-order valence-corrected chi connectivity index (χ0v) is 18.6. The van der Waals surface area contributed by atoms with E-state index in [4.69, 9.17) is 9.47 Å². The molecule has 0 fully saturated rings. The van der Waals surface area contributed by atoms with Crippen molar-refractivity contribution < 1.29 is 22.7 Å². The number of para-hydroxylation sites is 2. The molecular formula is C24H24N2O5S. The van der Waals surface area contributed by atoms with Crippen molar-refractivity contribution >= 4 is 27.3 Å². The number of hydrogen-bond donors (Lipinski definition) is 1. The van der Waals surface area contributed by atoms with E-state index in [2.05, 4.69) is 5.32 Å². The summed E-state index contributed by atoms with van der Waals surface area (Å²) in [5.41, 5.74) is 2.03. The van der Waals surface area contributed by atoms with Gasteiger partial charge in [-0.2, -0.15) is 0 Å². The van der Waals surface area contributed by atoms with Gasteiger partial charge in [-0.15, -0.1) is 0 Å². The molecule has 0 spiro atoms. The highest BCUT2D eigenvalue weighted by atomic mass is 32.2. The molecular weight excluding hydrogens is 428 g/mol. The minimum Gasteiger partial charge on any atom is -0.487 e. The fourth-order valence-electron chi connectivity index (χ4n) is 3.46. The van der Waals surface area contributed by atoms with Crippen LogP contribution >= 0.6 is 0 Å². The van der Waals surface area contributed by atoms with Gasteiger partial charge in [0.1, 0.15) is 17.6 Å². The number of anilines is 2. The molecule has 8 heteroatoms. The Hall–Kier alpha value is -3.52. The molecule has 4 rings (SSSR count). The number of nitrogens with one attached hydrogen (secondary N) is 1. The summed E-state index contributed by atoms with van der Waals surface area (Å²) in [4.78, 5) is 12.3. The van der Waals surface area contributed by atoms with Crippen LogP contribution in [0.15, 0.2) is 77.7 Å². The van der Waals surface area contributed by atoms with Crippen LogP contribution in [0.4, 0.5) is 11.4 Å². The third kappa shape index (κ3) is 4.70. The molecule has 166 valence electrons. The maximum Gasteiger partial charge on any atom is 0.264 e. The van der Waals surface area contributed by atoms with Crippen LogP contribution in [0.3, 0.4) is 0 Å². The Morgan fingerprint density at radius 1 is 1.09 bits per heavy atom. The molecule has 0 bridgehead atoms. The van der Waals surface area contributed by atoms with Crippen molar-refractivity contribution in [3.05, 3.63) is 78.4 Å². The van der Waals surface area contributed by atoms with Gasteiger partial charge < -0.3 is 14.8 Å². The Morgan fingerprint density at radius 2 is 1.84 bits per heavy atom. The first-order valence-electron chi connectivity index (χ1n) is 10.2. The van der Waals surface area contributed by atoms with E-state index in [9.17, 15) is 13.2 Å². The lowest BCUT2D eigenvalue weighted by Gasteiger charge is -2.34. The second kappa shape index (κ2) is 8.92. The zero-order valence-electron chi connectivity index (χ0n) is 17.8. The minimum absolute atomic E-state index is 0.135. The molecule has 0 saturated heterocycles. The van der Waals surface area contributed by atoms with Crippen LogP contribution in [0, 0.1) is 6.92 Å². The summed E-state index contributed by atoms with van der Waals surface area (Å²) >= 11 is 0. The van der Waals surface area contributed by atoms with Crippen molar-refractivity contribution in [2.45, 2.75) is 24.8 Å². The average Bonchev–Trinajstić information content (AvgIpc) is 2.77. The van der Waals surface area contributed by atoms with E-state index < -0.39 is 10.0 Å². The van der Waals surface area contributed by atoms with Crippen LogP contribution in [0.1, 0.15) is 12.5 Å². The zero-order chi connectivity index (χ0) is 22.7. The van der Waals surface area contributed by atoms with Crippen LogP contribution < -0.4 is 19.1 Å². The molecule has 1 aliphatic rings. The number of carbonyl (C=O) groups excluding carboxylic acids is 1. The lowest BCUT2D eigenvalue weighted by molar-refractivity contribution is -0.118. The SMILES string of the molecule is Cc1cccc(OCC(=O)Nc2ccc(S(=O)(=O)N3CC(C)Oc4ccccc43)cc2)c1. The minimum atomic E-state index is -3.79. The summed E-state index contributed by atoms with van der Waals surface area (Å²) in [6.07, 6.45) is -0.272. The van der Waals surface area contributed by atoms with E-state index in [0.29, 0.717) is 22.9 Å². The Kier molecular flexibility index (Phi) is 6.05. The monoisotopic (exact) mass is 452 g/mol. The normalized spacial score (nSPS) is 15.4. The van der Waals surface area contributed by atoms with Crippen LogP contribution in [-0.2, 0) is 14.8 Å². The summed E-state index contributed by atoms with van der Waals surface area (Å²) in [7, 11) is -3.79. The van der Waals surface area contributed by atoms with Gasteiger partial charge >= 0.3 is 0 Å². The average molecular weight is 453 g/mol. The number of rotatable bonds is 6. The Morgan fingerprint density at radius 3 is 2.59 bits per heavy atom. The molecule has 7 nitrogen and oxygen atoms in total. The molecule has 0 radical (unpaired) electrons. The summed E-state index contributed by atoms with van der Waals surface area (Å²) in [6.45, 7) is 3.84. The molecule has 0 saturated carbocycles. The van der Waals surface area contributed by atoms with Gasteiger partial charge in [0.25, 0.3) is 15.9 Å². The summed E-state index contributed by atoms with van der Waals surface area (Å²) in [6, 6.07) is 20.6. The van der Waals surface area contributed by atoms with E-state index >= 15 is 0 Å². The number of nitrogens with zero attached hydrogens (tertiary/aromatic N) is 1. The van der Waals surface area contributed by atoms with Crippen molar-refractivity contribution in [3.8, 4) is 11.5 Å². The number of ether oxygens (including phenoxy) is 2. The predicted octanol–water partition coefficient (Wildman–Crippen LogP) is 3.99. The van der Waals surface area contributed by atoms with Crippen molar-refractivity contribution in [3.63, 3.8) is 0 Å². The topological polar surface area (TPSA) is 84.9 Å². The van der Waals surface area contributed by atoms with E-state index in [1.54, 1.807) is 36.4 Å². The number of aryl methyl sites for hydroxylation is 1. The van der Waals surface area contributed by atoms with Gasteiger partial charge in [-0.1, -0.05) is 24.3 Å². The smallest absolute Gasteiger partial charge is 0.264 e. The molecule has 1 aliphatic heterocycles. The van der Waals surface area contributed by atoms with Gasteiger partial charge in [-0.3, -0.25) is 9.10 Å². The Labute approximate surface area is 187 Å². The summed E-state index contributed by atoms with van der Waals surface area (Å²) < 4.78 is 39.2. The Bertz CT molecular complexity index is 1230. The van der Waals surface area contributed by atoms with E-state index in [-0.39, 0.29) is 30.1 Å². The van der Waals surface area contributed by atoms with Gasteiger partial charge in [-0.25, -0.2) is 8.42 Å². The molecule has 0 aromatic heterocycles. The highest BCUT2D eigenvalue weighted by Crippen LogP contribution is 2.36. The van der Waals surface area contributed by atoms with Gasteiger partial charge in [0.15, 0.2) is 6.61 Å². The predicted molar refractivity (Wildman–Crippen MR) is 123 cm³/mol. The first-order valence-corrected chi connectivity index (χ1v) is 11.6. The molecule has 1 heterocycles. The van der Waals surface area contributed by atoms with E-state index in [1.807, 2.05) is 38.1 Å². The van der Waals surface area contributed by atoms with Gasteiger partial charge in [-0.05, 0) is 67.9 Å². The first-order chi connectivity index (χ1) is 15.3. The van der Waals surface area contributed by atoms with Gasteiger partial charge in [0.2, 0.25) is 0 Å². The van der Waals surface area contributed by atoms with Crippen molar-refractivity contribution in [1.29, 1.82) is 0 Å². The number of benzene rings is 3. The Balaban J connectivity index is 1.44. The van der Waals surface area contributed by atoms with Gasteiger partial charge in [0.05, 0.1) is 17.1 Å². The number of hydrogen-bond acceptors (Lipinski definition) is 5. The second-order valence-corrected chi connectivity index (χ2v) is 9.47. The molecule has 3 aromatic rings. The molecule has 0 aliphatic carbocycles. The molecule has 1 atom stereocenters. The number of sulfonamides is 1. The number of fused-ring (bicyclic) bond motifs is 1. The third-order valence-electron chi connectivity index (χ3n) is 4.97. The van der Waals surface area contributed by atoms with Crippen LogP contribution in [0.2, 0.25) is 0 Å². The standard InChI is InChI=1S/C24H24N2O5S/c1-17-6-5-7-20(14-17)30-16-24(27)25-19-10-12-21(13-11-19)32(28,29)26-15-18(2)31-23-9-4-3-8-22(23)26/h3-14,18H,15-16H2,1-2H3,(H,25,27). The molecule has 1 N–H and O–H groups in total. The van der Waals surface area contributed by atoms with Crippen LogP contribution in [-0.4, -0.2) is 33.6 Å². The second-order valence-electron chi connectivity index (χ2n) is 7.61. The van der Waals surface area contributed by atoms with Crippen LogP contribution in [0.5, 0.6) is 11.5 Å². The van der Waals surface area contributed by atoms with Crippen LogP contribution in [0.25, 0.3) is 0 Å². The highest BCUT2D eigenvalue weighted by molar-refractivity contribution is 7.92. The number of amides is 1. The summed E-state index contributed by atoms with van der Waals surface area (Å²) in [5, 5.41) is 2.72. The summed E-state index contributed by atoms with van der Waals surface area (Å²) in [5.74, 6) is 0.812. The van der Waals surface area contributed by atoms with Crippen molar-refractivity contribution in [1.82, 2.24) is 0 Å². The largest absolute Gasteiger partial charge is 0.487 e. The molecule has 1 amide bonds. The fraction of sp³-hybridized carbons (Fsp3) is 0.208. The molecule has 32 heavy (non-hydrogen) atoms. The van der Waals surface area contributed by atoms with E-state index in [1.165, 1.54) is 16.4 Å². The molecule has 1 unspecified atom stereocenters. The highest BCUT2D eigenvalue weighted by Gasteiger charge is 2.32. The number of carbonyl (C=O) groups is 1. The van der Waals surface area contributed by atoms with Gasteiger partial charge in [0, 0.05) is 5.69 Å². The van der Waals surface area contributed by atoms with E-state index in [0.717, 1.165) is 5.56 Å². The maximum atomic E-state index is 13.3. The van der Waals surface area contributed by atoms with Crippen molar-refractivity contribution in [2.75, 3.05) is 22.8 Å². The van der Waals surface area contributed by atoms with Crippen molar-refractivity contribution in [2.24, 2.45) is 0 Å².